The van der Waals surface area contributed by atoms with Crippen LogP contribution in [0.1, 0.15) is 0 Å². The van der Waals surface area contributed by atoms with Crippen molar-refractivity contribution in [3.8, 4) is 11.4 Å². The summed E-state index contributed by atoms with van der Waals surface area (Å²) >= 11 is 0. The first-order chi connectivity index (χ1) is 22.4. The Kier molecular flexibility index (Phi) is 5.74. The molecule has 0 aliphatic carbocycles. The molecule has 0 radical (unpaired) electrons. The van der Waals surface area contributed by atoms with Crippen LogP contribution in [0, 0.1) is 0 Å². The molecule has 5 heteroatoms. The highest BCUT2D eigenvalue weighted by Crippen LogP contribution is 2.41. The zero-order valence-corrected chi connectivity index (χ0v) is 24.3. The Bertz CT molecular complexity index is 2420. The molecular weight excluding hydrogens is 550 g/mol. The molecule has 0 bridgehead atoms. The topological polar surface area (TPSA) is 38.9 Å². The molecule has 0 fully saturated rings. The molecule has 0 aliphatic rings. The molecule has 45 heavy (non-hydrogen) atoms. The molecule has 4 aromatic heterocycles. The third-order valence-corrected chi connectivity index (χ3v) is 8.57. The third-order valence-electron chi connectivity index (χ3n) is 8.57. The van der Waals surface area contributed by atoms with E-state index in [0.29, 0.717) is 0 Å². The van der Waals surface area contributed by atoms with Gasteiger partial charge in [0.1, 0.15) is 11.0 Å². The van der Waals surface area contributed by atoms with Crippen LogP contribution in [0.4, 0.5) is 17.1 Å². The van der Waals surface area contributed by atoms with Gasteiger partial charge in [0.15, 0.2) is 0 Å². The van der Waals surface area contributed by atoms with Crippen LogP contribution in [-0.4, -0.2) is 19.1 Å². The molecule has 212 valence electrons. The van der Waals surface area contributed by atoms with Crippen LogP contribution in [0.25, 0.3) is 55.2 Å². The van der Waals surface area contributed by atoms with Gasteiger partial charge in [-0.25, -0.2) is 0 Å². The molecule has 0 aliphatic heterocycles. The van der Waals surface area contributed by atoms with Crippen molar-refractivity contribution >= 4 is 60.9 Å². The zero-order chi connectivity index (χ0) is 29.7. The number of nitrogens with zero attached hydrogens (tertiary/aromatic N) is 5. The number of hydrogen-bond donors (Lipinski definition) is 0. The van der Waals surface area contributed by atoms with Gasteiger partial charge in [0.2, 0.25) is 0 Å². The average molecular weight is 578 g/mol. The first-order valence-electron chi connectivity index (χ1n) is 15.1. The standard InChI is InChI=1S/C40H27N5/c1-4-13-28(14-5-1)43(29-15-6-2-7-16-29)31-22-24-32(25-23-31)45-36-21-12-26-41-37(36)38-40(45)39-34(27-42-38)33-19-10-11-20-35(33)44(39)30-17-8-3-9-18-30/h1-27H. The van der Waals surface area contributed by atoms with Crippen LogP contribution in [0.5, 0.6) is 0 Å². The minimum Gasteiger partial charge on any atom is -0.311 e. The van der Waals surface area contributed by atoms with Crippen molar-refractivity contribution in [2.75, 3.05) is 4.90 Å². The summed E-state index contributed by atoms with van der Waals surface area (Å²) in [6, 6.07) is 53.1. The van der Waals surface area contributed by atoms with Crippen molar-refractivity contribution < 1.29 is 0 Å². The molecule has 9 aromatic rings. The highest BCUT2D eigenvalue weighted by Gasteiger charge is 2.22. The SMILES string of the molecule is c1ccc(N(c2ccccc2)c2ccc(-n3c4cccnc4c4ncc5c6ccccc6n(-c6ccccc6)c5c43)cc2)cc1. The molecule has 0 atom stereocenters. The monoisotopic (exact) mass is 577 g/mol. The van der Waals surface area contributed by atoms with E-state index >= 15 is 0 Å². The predicted molar refractivity (Wildman–Crippen MR) is 185 cm³/mol. The largest absolute Gasteiger partial charge is 0.311 e. The van der Waals surface area contributed by atoms with Crippen LogP contribution in [0.15, 0.2) is 164 Å². The molecule has 0 saturated heterocycles. The molecular formula is C40H27N5. The van der Waals surface area contributed by atoms with E-state index in [1.165, 1.54) is 5.39 Å². The lowest BCUT2D eigenvalue weighted by molar-refractivity contribution is 1.14. The lowest BCUT2D eigenvalue weighted by atomic mass is 10.1. The number of fused-ring (bicyclic) bond motifs is 7. The van der Waals surface area contributed by atoms with Crippen molar-refractivity contribution in [3.63, 3.8) is 0 Å². The number of anilines is 3. The summed E-state index contributed by atoms with van der Waals surface area (Å²) in [5.41, 5.74) is 11.5. The summed E-state index contributed by atoms with van der Waals surface area (Å²) < 4.78 is 4.69. The quantitative estimate of drug-likeness (QED) is 0.204. The van der Waals surface area contributed by atoms with E-state index in [1.54, 1.807) is 0 Å². The van der Waals surface area contributed by atoms with Crippen LogP contribution in [0.3, 0.4) is 0 Å². The summed E-state index contributed by atoms with van der Waals surface area (Å²) in [5, 5.41) is 2.29. The minimum absolute atomic E-state index is 0.886. The Morgan fingerprint density at radius 2 is 0.956 bits per heavy atom. The van der Waals surface area contributed by atoms with Crippen molar-refractivity contribution in [1.82, 2.24) is 19.1 Å². The van der Waals surface area contributed by atoms with Crippen molar-refractivity contribution in [1.29, 1.82) is 0 Å². The molecule has 0 unspecified atom stereocenters. The smallest absolute Gasteiger partial charge is 0.117 e. The number of aromatic nitrogens is 4. The van der Waals surface area contributed by atoms with Gasteiger partial charge in [0.25, 0.3) is 0 Å². The van der Waals surface area contributed by atoms with Gasteiger partial charge in [-0.05, 0) is 78.9 Å². The maximum atomic E-state index is 5.06. The lowest BCUT2D eigenvalue weighted by Gasteiger charge is -2.25. The van der Waals surface area contributed by atoms with Gasteiger partial charge in [-0.1, -0.05) is 72.8 Å². The normalized spacial score (nSPS) is 11.6. The van der Waals surface area contributed by atoms with Gasteiger partial charge < -0.3 is 14.0 Å². The van der Waals surface area contributed by atoms with Gasteiger partial charge in [-0.3, -0.25) is 9.97 Å². The summed E-state index contributed by atoms with van der Waals surface area (Å²) in [5.74, 6) is 0. The number of benzene rings is 5. The maximum Gasteiger partial charge on any atom is 0.117 e. The second kappa shape index (κ2) is 10.2. The molecule has 4 heterocycles. The Labute approximate surface area is 259 Å². The summed E-state index contributed by atoms with van der Waals surface area (Å²) in [6.07, 6.45) is 3.87. The number of hydrogen-bond acceptors (Lipinski definition) is 3. The molecule has 5 nitrogen and oxygen atoms in total. The van der Waals surface area contributed by atoms with Gasteiger partial charge in [0.05, 0.1) is 22.1 Å². The average Bonchev–Trinajstić information content (AvgIpc) is 3.63. The fourth-order valence-electron chi connectivity index (χ4n) is 6.66. The van der Waals surface area contributed by atoms with E-state index < -0.39 is 0 Å². The van der Waals surface area contributed by atoms with Crippen molar-refractivity contribution in [2.45, 2.75) is 0 Å². The van der Waals surface area contributed by atoms with E-state index in [4.69, 9.17) is 9.97 Å². The van der Waals surface area contributed by atoms with E-state index in [2.05, 4.69) is 160 Å². The van der Waals surface area contributed by atoms with E-state index in [1.807, 2.05) is 18.5 Å². The van der Waals surface area contributed by atoms with Gasteiger partial charge >= 0.3 is 0 Å². The fourth-order valence-corrected chi connectivity index (χ4v) is 6.66. The number of rotatable bonds is 5. The van der Waals surface area contributed by atoms with E-state index in [0.717, 1.165) is 66.9 Å². The van der Waals surface area contributed by atoms with Gasteiger partial charge in [-0.2, -0.15) is 0 Å². The van der Waals surface area contributed by atoms with E-state index in [9.17, 15) is 0 Å². The molecule has 5 aromatic carbocycles. The second-order valence-electron chi connectivity index (χ2n) is 11.1. The van der Waals surface area contributed by atoms with Crippen LogP contribution >= 0.6 is 0 Å². The van der Waals surface area contributed by atoms with E-state index in [-0.39, 0.29) is 0 Å². The Hall–Kier alpha value is -6.20. The van der Waals surface area contributed by atoms with Crippen molar-refractivity contribution in [3.05, 3.63) is 164 Å². The first-order valence-corrected chi connectivity index (χ1v) is 15.1. The molecule has 9 rings (SSSR count). The summed E-state index contributed by atoms with van der Waals surface area (Å²) in [4.78, 5) is 12.2. The third kappa shape index (κ3) is 3.95. The highest BCUT2D eigenvalue weighted by molar-refractivity contribution is 6.21. The van der Waals surface area contributed by atoms with Crippen molar-refractivity contribution in [2.24, 2.45) is 0 Å². The predicted octanol–water partition coefficient (Wildman–Crippen LogP) is 10.1. The van der Waals surface area contributed by atoms with Crippen LogP contribution < -0.4 is 4.90 Å². The second-order valence-corrected chi connectivity index (χ2v) is 11.1. The Balaban J connectivity index is 1.33. The summed E-state index contributed by atoms with van der Waals surface area (Å²) in [6.45, 7) is 0. The number of para-hydroxylation sites is 4. The van der Waals surface area contributed by atoms with Crippen LogP contribution in [0.2, 0.25) is 0 Å². The highest BCUT2D eigenvalue weighted by atomic mass is 15.1. The minimum atomic E-state index is 0.886. The Morgan fingerprint density at radius 1 is 0.400 bits per heavy atom. The lowest BCUT2D eigenvalue weighted by Crippen LogP contribution is -2.09. The fraction of sp³-hybridized carbons (Fsp3) is 0. The summed E-state index contributed by atoms with van der Waals surface area (Å²) in [7, 11) is 0. The molecule has 0 saturated carbocycles. The zero-order valence-electron chi connectivity index (χ0n) is 24.3. The maximum absolute atomic E-state index is 5.06. The number of pyridine rings is 2. The first kappa shape index (κ1) is 25.3. The Morgan fingerprint density at radius 3 is 1.67 bits per heavy atom. The molecule has 0 N–H and O–H groups in total. The molecule has 0 amide bonds. The molecule has 0 spiro atoms. The van der Waals surface area contributed by atoms with Gasteiger partial charge in [-0.15, -0.1) is 0 Å². The van der Waals surface area contributed by atoms with Crippen LogP contribution in [-0.2, 0) is 0 Å². The van der Waals surface area contributed by atoms with Gasteiger partial charge in [0, 0.05) is 51.6 Å².